The third-order valence-electron chi connectivity index (χ3n) is 4.77. The topological polar surface area (TPSA) is 107 Å². The van der Waals surface area contributed by atoms with E-state index in [0.717, 1.165) is 0 Å². The van der Waals surface area contributed by atoms with E-state index in [1.165, 1.54) is 25.3 Å². The lowest BCUT2D eigenvalue weighted by molar-refractivity contribution is -0.118. The highest BCUT2D eigenvalue weighted by atomic mass is 16.5. The highest BCUT2D eigenvalue weighted by molar-refractivity contribution is 5.92. The highest BCUT2D eigenvalue weighted by Crippen LogP contribution is 2.32. The van der Waals surface area contributed by atoms with Crippen molar-refractivity contribution >= 4 is 22.6 Å². The van der Waals surface area contributed by atoms with E-state index in [0.29, 0.717) is 33.9 Å². The van der Waals surface area contributed by atoms with Crippen LogP contribution in [0.1, 0.15) is 5.76 Å². The number of aromatic hydroxyl groups is 1. The number of fused-ring (bicyclic) bond motifs is 1. The number of anilines is 1. The predicted octanol–water partition coefficient (Wildman–Crippen LogP) is 4.63. The van der Waals surface area contributed by atoms with Gasteiger partial charge in [0.1, 0.15) is 22.8 Å². The van der Waals surface area contributed by atoms with E-state index in [2.05, 4.69) is 5.32 Å². The fourth-order valence-electron chi connectivity index (χ4n) is 3.22. The van der Waals surface area contributed by atoms with Crippen LogP contribution in [0, 0.1) is 6.92 Å². The summed E-state index contributed by atoms with van der Waals surface area (Å²) >= 11 is 0. The number of benzene rings is 3. The molecule has 1 aromatic heterocycles. The quantitative estimate of drug-likeness (QED) is 0.425. The Bertz CT molecular complexity index is 1380. The number of rotatable bonds is 7. The molecule has 0 saturated carbocycles. The van der Waals surface area contributed by atoms with Gasteiger partial charge in [-0.15, -0.1) is 0 Å². The van der Waals surface area contributed by atoms with Crippen molar-refractivity contribution in [2.45, 2.75) is 6.92 Å². The number of ether oxygens (including phenoxy) is 3. The largest absolute Gasteiger partial charge is 0.508 e. The van der Waals surface area contributed by atoms with Crippen LogP contribution in [0.5, 0.6) is 28.7 Å². The second kappa shape index (κ2) is 9.35. The first kappa shape index (κ1) is 21.8. The molecule has 1 amide bonds. The SMILES string of the molecule is COc1ccccc1Oc1c(C)oc2cc(OCC(=O)Nc3cccc(O)c3)ccc2c1=O. The summed E-state index contributed by atoms with van der Waals surface area (Å²) in [7, 11) is 1.52. The van der Waals surface area contributed by atoms with Crippen molar-refractivity contribution in [3.05, 3.63) is 82.7 Å². The Morgan fingerprint density at radius 1 is 1.03 bits per heavy atom. The molecule has 0 aliphatic heterocycles. The summed E-state index contributed by atoms with van der Waals surface area (Å²) in [6.45, 7) is 1.36. The fourth-order valence-corrected chi connectivity index (χ4v) is 3.22. The van der Waals surface area contributed by atoms with Crippen molar-refractivity contribution in [2.24, 2.45) is 0 Å². The first-order chi connectivity index (χ1) is 15.9. The molecule has 4 rings (SSSR count). The molecule has 33 heavy (non-hydrogen) atoms. The average molecular weight is 447 g/mol. The van der Waals surface area contributed by atoms with Crippen molar-refractivity contribution in [1.29, 1.82) is 0 Å². The monoisotopic (exact) mass is 447 g/mol. The second-order valence-electron chi connectivity index (χ2n) is 7.11. The maximum Gasteiger partial charge on any atom is 0.262 e. The van der Waals surface area contributed by atoms with Gasteiger partial charge in [0.15, 0.2) is 18.1 Å². The van der Waals surface area contributed by atoms with Crippen LogP contribution in [0.3, 0.4) is 0 Å². The van der Waals surface area contributed by atoms with E-state index >= 15 is 0 Å². The summed E-state index contributed by atoms with van der Waals surface area (Å²) in [5.74, 6) is 1.23. The van der Waals surface area contributed by atoms with Gasteiger partial charge in [0, 0.05) is 17.8 Å². The first-order valence-electron chi connectivity index (χ1n) is 10.0. The summed E-state index contributed by atoms with van der Waals surface area (Å²) in [5.41, 5.74) is 0.412. The van der Waals surface area contributed by atoms with Gasteiger partial charge in [0.05, 0.1) is 12.5 Å². The Kier molecular flexibility index (Phi) is 6.17. The minimum atomic E-state index is -0.404. The van der Waals surface area contributed by atoms with Crippen LogP contribution < -0.4 is 25.0 Å². The fraction of sp³-hybridized carbons (Fsp3) is 0.120. The number of amides is 1. The Morgan fingerprint density at radius 2 is 1.82 bits per heavy atom. The van der Waals surface area contributed by atoms with Gasteiger partial charge in [-0.2, -0.15) is 0 Å². The molecule has 0 aliphatic rings. The van der Waals surface area contributed by atoms with Gasteiger partial charge < -0.3 is 29.1 Å². The Hall–Kier alpha value is -4.46. The maximum absolute atomic E-state index is 13.0. The van der Waals surface area contributed by atoms with Gasteiger partial charge in [0.2, 0.25) is 11.2 Å². The summed E-state index contributed by atoms with van der Waals surface area (Å²) in [5, 5.41) is 12.4. The number of carbonyl (C=O) groups excluding carboxylic acids is 1. The molecule has 168 valence electrons. The molecule has 0 atom stereocenters. The lowest BCUT2D eigenvalue weighted by Gasteiger charge is -2.12. The maximum atomic E-state index is 13.0. The zero-order valence-electron chi connectivity index (χ0n) is 18.0. The molecule has 0 aliphatic carbocycles. The van der Waals surface area contributed by atoms with Gasteiger partial charge in [0.25, 0.3) is 5.91 Å². The molecule has 8 nitrogen and oxygen atoms in total. The van der Waals surface area contributed by atoms with E-state index in [-0.39, 0.29) is 29.3 Å². The number of phenolic OH excluding ortho intramolecular Hbond substituents is 1. The van der Waals surface area contributed by atoms with Crippen LogP contribution in [0.4, 0.5) is 5.69 Å². The zero-order valence-corrected chi connectivity index (χ0v) is 18.0. The molecule has 0 fully saturated rings. The van der Waals surface area contributed by atoms with E-state index in [1.807, 2.05) is 0 Å². The lowest BCUT2D eigenvalue weighted by atomic mass is 10.2. The Morgan fingerprint density at radius 3 is 2.58 bits per heavy atom. The molecule has 2 N–H and O–H groups in total. The van der Waals surface area contributed by atoms with Gasteiger partial charge in [-0.05, 0) is 43.3 Å². The molecule has 3 aromatic carbocycles. The summed E-state index contributed by atoms with van der Waals surface area (Å²) in [6, 6.07) is 17.9. The molecule has 1 heterocycles. The average Bonchev–Trinajstić information content (AvgIpc) is 2.80. The standard InChI is InChI=1S/C25H21NO7/c1-15-25(33-21-9-4-3-8-20(21)30-2)24(29)19-11-10-18(13-22(19)32-15)31-14-23(28)26-16-6-5-7-17(27)12-16/h3-13,27H,14H2,1-2H3,(H,26,28). The number of carbonyl (C=O) groups is 1. The number of aryl methyl sites for hydroxylation is 1. The minimum absolute atomic E-state index is 0.0442. The predicted molar refractivity (Wildman–Crippen MR) is 123 cm³/mol. The second-order valence-corrected chi connectivity index (χ2v) is 7.11. The number of hydrogen-bond acceptors (Lipinski definition) is 7. The number of phenols is 1. The normalized spacial score (nSPS) is 10.6. The molecule has 8 heteroatoms. The molecule has 0 unspecified atom stereocenters. The lowest BCUT2D eigenvalue weighted by Crippen LogP contribution is -2.20. The van der Waals surface area contributed by atoms with Crippen LogP contribution in [-0.2, 0) is 4.79 Å². The number of nitrogens with one attached hydrogen (secondary N) is 1. The molecule has 0 bridgehead atoms. The molecule has 0 spiro atoms. The Balaban J connectivity index is 1.52. The smallest absolute Gasteiger partial charge is 0.262 e. The van der Waals surface area contributed by atoms with Gasteiger partial charge in [-0.3, -0.25) is 9.59 Å². The number of hydrogen-bond donors (Lipinski definition) is 2. The van der Waals surface area contributed by atoms with Crippen LogP contribution >= 0.6 is 0 Å². The molecule has 0 saturated heterocycles. The van der Waals surface area contributed by atoms with E-state index in [1.54, 1.807) is 55.5 Å². The third-order valence-corrected chi connectivity index (χ3v) is 4.77. The molecule has 0 radical (unpaired) electrons. The van der Waals surface area contributed by atoms with Crippen LogP contribution in [0.2, 0.25) is 0 Å². The van der Waals surface area contributed by atoms with E-state index in [9.17, 15) is 14.7 Å². The van der Waals surface area contributed by atoms with Crippen LogP contribution in [0.25, 0.3) is 11.0 Å². The summed E-state index contributed by atoms with van der Waals surface area (Å²) < 4.78 is 22.4. The summed E-state index contributed by atoms with van der Waals surface area (Å²) in [4.78, 5) is 25.1. The zero-order chi connectivity index (χ0) is 23.4. The summed E-state index contributed by atoms with van der Waals surface area (Å²) in [6.07, 6.45) is 0. The van der Waals surface area contributed by atoms with Gasteiger partial charge in [-0.1, -0.05) is 18.2 Å². The Labute approximate surface area is 188 Å². The molecular formula is C25H21NO7. The van der Waals surface area contributed by atoms with Crippen molar-refractivity contribution in [3.8, 4) is 28.7 Å². The van der Waals surface area contributed by atoms with Gasteiger partial charge in [-0.25, -0.2) is 0 Å². The van der Waals surface area contributed by atoms with E-state index in [4.69, 9.17) is 18.6 Å². The van der Waals surface area contributed by atoms with Crippen molar-refractivity contribution in [3.63, 3.8) is 0 Å². The molecular weight excluding hydrogens is 426 g/mol. The first-order valence-corrected chi connectivity index (χ1v) is 10.0. The van der Waals surface area contributed by atoms with E-state index < -0.39 is 5.91 Å². The number of methoxy groups -OCH3 is 1. The van der Waals surface area contributed by atoms with Crippen LogP contribution in [-0.4, -0.2) is 24.7 Å². The van der Waals surface area contributed by atoms with Crippen LogP contribution in [0.15, 0.2) is 75.9 Å². The number of para-hydroxylation sites is 2. The minimum Gasteiger partial charge on any atom is -0.508 e. The van der Waals surface area contributed by atoms with Crippen molar-refractivity contribution in [2.75, 3.05) is 19.0 Å². The highest BCUT2D eigenvalue weighted by Gasteiger charge is 2.16. The van der Waals surface area contributed by atoms with Crippen molar-refractivity contribution < 1.29 is 28.5 Å². The molecule has 4 aromatic rings. The van der Waals surface area contributed by atoms with Crippen molar-refractivity contribution in [1.82, 2.24) is 0 Å². The third kappa shape index (κ3) is 4.90. The van der Waals surface area contributed by atoms with Gasteiger partial charge >= 0.3 is 0 Å².